The number of rotatable bonds is 8. The minimum Gasteiger partial charge on any atom is -0.485 e. The first-order valence-electron chi connectivity index (χ1n) is 16.1. The maximum absolute atomic E-state index is 13.7. The summed E-state index contributed by atoms with van der Waals surface area (Å²) in [5, 5.41) is 0. The lowest BCUT2D eigenvalue weighted by molar-refractivity contribution is -0.157. The molecule has 4 aliphatic carbocycles. The Hall–Kier alpha value is -1.52. The normalized spacial score (nSPS) is 38.8. The predicted octanol–water partition coefficient (Wildman–Crippen LogP) is 9.66. The molecule has 0 heterocycles. The van der Waals surface area contributed by atoms with Crippen molar-refractivity contribution in [1.82, 2.24) is 0 Å². The lowest BCUT2D eigenvalue weighted by atomic mass is 9.44. The molecular formula is C34H54F2N2O. The van der Waals surface area contributed by atoms with E-state index in [0.29, 0.717) is 28.7 Å². The standard InChI is InChI=1S/C34H54F2N2O/c1-20(2)8-6-9-21(3)25-15-16-26-23-13-12-22-10-7-11-29(34(22,5)27(23)18-19-33(25,26)4)39-31-28(37)17-14-24(30(31)38)32(35)36/h14,17,20-23,25-27,29,32H,6-13,15-16,18-19,37-38H2,1-5H3/t21-,22+,23+,25-,26-,27-,29?,33+,34-/m0/s1. The van der Waals surface area contributed by atoms with Gasteiger partial charge in [-0.2, -0.15) is 0 Å². The number of fused-ring (bicyclic) bond motifs is 5. The van der Waals surface area contributed by atoms with Crippen LogP contribution in [-0.2, 0) is 0 Å². The van der Waals surface area contributed by atoms with Crippen molar-refractivity contribution in [2.75, 3.05) is 11.5 Å². The quantitative estimate of drug-likeness (QED) is 0.320. The van der Waals surface area contributed by atoms with E-state index >= 15 is 0 Å². The van der Waals surface area contributed by atoms with Crippen molar-refractivity contribution in [1.29, 1.82) is 0 Å². The smallest absolute Gasteiger partial charge is 0.265 e. The van der Waals surface area contributed by atoms with E-state index in [9.17, 15) is 8.78 Å². The number of alkyl halides is 2. The van der Waals surface area contributed by atoms with Gasteiger partial charge < -0.3 is 16.2 Å². The second-order valence-corrected chi connectivity index (χ2v) is 14.9. The van der Waals surface area contributed by atoms with Crippen LogP contribution in [0.15, 0.2) is 12.1 Å². The average molecular weight is 545 g/mol. The Morgan fingerprint density at radius 1 is 0.923 bits per heavy atom. The molecule has 39 heavy (non-hydrogen) atoms. The molecule has 0 aliphatic heterocycles. The predicted molar refractivity (Wildman–Crippen MR) is 158 cm³/mol. The highest BCUT2D eigenvalue weighted by Gasteiger charge is 2.62. The van der Waals surface area contributed by atoms with Gasteiger partial charge in [0.2, 0.25) is 0 Å². The fourth-order valence-corrected chi connectivity index (χ4v) is 10.6. The molecule has 0 amide bonds. The van der Waals surface area contributed by atoms with Crippen LogP contribution in [0.3, 0.4) is 0 Å². The van der Waals surface area contributed by atoms with Gasteiger partial charge in [-0.1, -0.05) is 53.9 Å². The van der Waals surface area contributed by atoms with Crippen LogP contribution in [0, 0.1) is 52.3 Å². The fourth-order valence-electron chi connectivity index (χ4n) is 10.6. The molecule has 3 nitrogen and oxygen atoms in total. The summed E-state index contributed by atoms with van der Waals surface area (Å²) in [5.41, 5.74) is 13.2. The maximum Gasteiger partial charge on any atom is 0.265 e. The van der Waals surface area contributed by atoms with E-state index in [4.69, 9.17) is 16.2 Å². The van der Waals surface area contributed by atoms with Gasteiger partial charge in [0.15, 0.2) is 5.75 Å². The average Bonchev–Trinajstić information content (AvgIpc) is 3.23. The van der Waals surface area contributed by atoms with Crippen LogP contribution in [0.2, 0.25) is 0 Å². The van der Waals surface area contributed by atoms with Gasteiger partial charge in [0, 0.05) is 11.0 Å². The summed E-state index contributed by atoms with van der Waals surface area (Å²) < 4.78 is 34.0. The zero-order chi connectivity index (χ0) is 28.1. The van der Waals surface area contributed by atoms with E-state index < -0.39 is 6.43 Å². The van der Waals surface area contributed by atoms with Gasteiger partial charge in [0.1, 0.15) is 6.10 Å². The Labute approximate surface area is 236 Å². The van der Waals surface area contributed by atoms with E-state index in [-0.39, 0.29) is 22.8 Å². The zero-order valence-electron chi connectivity index (χ0n) is 25.2. The van der Waals surface area contributed by atoms with Crippen molar-refractivity contribution in [3.63, 3.8) is 0 Å². The summed E-state index contributed by atoms with van der Waals surface area (Å²) in [6.07, 6.45) is 12.7. The Balaban J connectivity index is 1.38. The number of hydrogen-bond donors (Lipinski definition) is 2. The first-order chi connectivity index (χ1) is 18.5. The number of nitrogen functional groups attached to an aromatic ring is 2. The fraction of sp³-hybridized carbons (Fsp3) is 0.824. The third kappa shape index (κ3) is 4.96. The summed E-state index contributed by atoms with van der Waals surface area (Å²) in [5.74, 6) is 5.52. The number of anilines is 2. The molecule has 0 saturated heterocycles. The third-order valence-corrected chi connectivity index (χ3v) is 12.6. The van der Waals surface area contributed by atoms with Crippen molar-refractivity contribution < 1.29 is 13.5 Å². The van der Waals surface area contributed by atoms with Gasteiger partial charge in [-0.15, -0.1) is 0 Å². The Bertz CT molecular complexity index is 1010. The number of halogens is 2. The van der Waals surface area contributed by atoms with Crippen LogP contribution in [0.1, 0.15) is 124 Å². The number of ether oxygens (including phenoxy) is 1. The number of hydrogen-bond acceptors (Lipinski definition) is 3. The molecule has 0 aromatic heterocycles. The minimum atomic E-state index is -2.64. The van der Waals surface area contributed by atoms with Gasteiger partial charge in [0.05, 0.1) is 11.4 Å². The molecule has 1 unspecified atom stereocenters. The minimum absolute atomic E-state index is 0.0180. The monoisotopic (exact) mass is 544 g/mol. The van der Waals surface area contributed by atoms with Crippen LogP contribution in [0.4, 0.5) is 20.2 Å². The second kappa shape index (κ2) is 11.0. The van der Waals surface area contributed by atoms with Crippen molar-refractivity contribution in [2.24, 2.45) is 52.3 Å². The Morgan fingerprint density at radius 3 is 2.41 bits per heavy atom. The van der Waals surface area contributed by atoms with Crippen molar-refractivity contribution >= 4 is 11.4 Å². The van der Waals surface area contributed by atoms with Gasteiger partial charge >= 0.3 is 0 Å². The SMILES string of the molecule is CC(C)CCC[C@H](C)[C@@H]1CC[C@H]2[C@H]3CC[C@H]4CCCC(Oc5c(N)ccc(C(F)F)c5N)[C@]4(C)[C@H]3CC[C@@]21C. The summed E-state index contributed by atoms with van der Waals surface area (Å²) in [4.78, 5) is 0. The molecule has 4 aliphatic rings. The Kier molecular flexibility index (Phi) is 8.21. The molecule has 1 aromatic carbocycles. The molecule has 5 rings (SSSR count). The molecule has 220 valence electrons. The van der Waals surface area contributed by atoms with Gasteiger partial charge in [-0.05, 0) is 117 Å². The molecule has 0 radical (unpaired) electrons. The van der Waals surface area contributed by atoms with Crippen LogP contribution >= 0.6 is 0 Å². The van der Waals surface area contributed by atoms with E-state index in [1.165, 1.54) is 76.3 Å². The summed E-state index contributed by atoms with van der Waals surface area (Å²) >= 11 is 0. The molecule has 9 atom stereocenters. The van der Waals surface area contributed by atoms with Gasteiger partial charge in [0.25, 0.3) is 6.43 Å². The highest BCUT2D eigenvalue weighted by atomic mass is 19.3. The van der Waals surface area contributed by atoms with Crippen LogP contribution < -0.4 is 16.2 Å². The van der Waals surface area contributed by atoms with E-state index in [1.54, 1.807) is 0 Å². The Morgan fingerprint density at radius 2 is 1.69 bits per heavy atom. The van der Waals surface area contributed by atoms with Crippen molar-refractivity contribution in [2.45, 2.75) is 124 Å². The van der Waals surface area contributed by atoms with E-state index in [1.807, 2.05) is 0 Å². The lowest BCUT2D eigenvalue weighted by Gasteiger charge is -2.62. The molecule has 0 spiro atoms. The summed E-state index contributed by atoms with van der Waals surface area (Å²) in [6.45, 7) is 12.3. The molecule has 5 heteroatoms. The van der Waals surface area contributed by atoms with Gasteiger partial charge in [-0.3, -0.25) is 0 Å². The van der Waals surface area contributed by atoms with Crippen molar-refractivity contribution in [3.05, 3.63) is 17.7 Å². The first-order valence-corrected chi connectivity index (χ1v) is 16.1. The molecule has 4 fully saturated rings. The van der Waals surface area contributed by atoms with Crippen LogP contribution in [0.5, 0.6) is 5.75 Å². The van der Waals surface area contributed by atoms with E-state index in [0.717, 1.165) is 42.4 Å². The molecule has 4 N–H and O–H groups in total. The van der Waals surface area contributed by atoms with Gasteiger partial charge in [-0.25, -0.2) is 8.78 Å². The molecule has 4 saturated carbocycles. The van der Waals surface area contributed by atoms with E-state index in [2.05, 4.69) is 34.6 Å². The molecule has 1 aromatic rings. The lowest BCUT2D eigenvalue weighted by Crippen LogP contribution is -2.59. The number of nitrogens with two attached hydrogens (primary N) is 2. The highest BCUT2D eigenvalue weighted by Crippen LogP contribution is 2.68. The number of benzene rings is 1. The highest BCUT2D eigenvalue weighted by molar-refractivity contribution is 5.71. The first kappa shape index (κ1) is 29.0. The van der Waals surface area contributed by atoms with Crippen molar-refractivity contribution in [3.8, 4) is 5.75 Å². The molecule has 0 bridgehead atoms. The topological polar surface area (TPSA) is 61.3 Å². The zero-order valence-corrected chi connectivity index (χ0v) is 25.2. The third-order valence-electron chi connectivity index (χ3n) is 12.6. The largest absolute Gasteiger partial charge is 0.485 e. The summed E-state index contributed by atoms with van der Waals surface area (Å²) in [6, 6.07) is 2.87. The maximum atomic E-state index is 13.7. The molecular weight excluding hydrogens is 490 g/mol. The summed E-state index contributed by atoms with van der Waals surface area (Å²) in [7, 11) is 0. The van der Waals surface area contributed by atoms with Crippen LogP contribution in [0.25, 0.3) is 0 Å². The van der Waals surface area contributed by atoms with Crippen LogP contribution in [-0.4, -0.2) is 6.10 Å². The second-order valence-electron chi connectivity index (χ2n) is 14.9.